The van der Waals surface area contributed by atoms with Crippen molar-refractivity contribution in [3.8, 4) is 0 Å². The van der Waals surface area contributed by atoms with Crippen LogP contribution in [0.4, 0.5) is 0 Å². The second-order valence-corrected chi connectivity index (χ2v) is 5.53. The van der Waals surface area contributed by atoms with Crippen molar-refractivity contribution >= 4 is 18.1 Å². The van der Waals surface area contributed by atoms with Crippen LogP contribution in [0.3, 0.4) is 0 Å². The molecule has 0 aliphatic carbocycles. The molecule has 3 rings (SSSR count). The van der Waals surface area contributed by atoms with Crippen LogP contribution in [0, 0.1) is 0 Å². The van der Waals surface area contributed by atoms with Gasteiger partial charge in [-0.25, -0.2) is 0 Å². The van der Waals surface area contributed by atoms with Crippen LogP contribution in [-0.2, 0) is 6.54 Å². The van der Waals surface area contributed by atoms with Gasteiger partial charge in [-0.2, -0.15) is 0 Å². The van der Waals surface area contributed by atoms with E-state index in [-0.39, 0.29) is 5.91 Å². The molecule has 118 valence electrons. The lowest BCUT2D eigenvalue weighted by molar-refractivity contribution is 0.0951. The number of nitrogens with one attached hydrogen (secondary N) is 1. The third-order valence-corrected chi connectivity index (χ3v) is 3.74. The van der Waals surface area contributed by atoms with Gasteiger partial charge in [0.1, 0.15) is 0 Å². The summed E-state index contributed by atoms with van der Waals surface area (Å²) in [6.07, 6.45) is 4.10. The monoisotopic (exact) mass is 313 g/mol. The van der Waals surface area contributed by atoms with Crippen LogP contribution in [0.2, 0.25) is 0 Å². The maximum atomic E-state index is 12.2. The third kappa shape index (κ3) is 4.43. The molecular formula is C22H19NO. The number of benzene rings is 3. The molecule has 0 atom stereocenters. The predicted molar refractivity (Wildman–Crippen MR) is 99.4 cm³/mol. The highest BCUT2D eigenvalue weighted by atomic mass is 16.1. The topological polar surface area (TPSA) is 29.1 Å². The fraction of sp³-hybridized carbons (Fsp3) is 0.0455. The maximum Gasteiger partial charge on any atom is 0.251 e. The average Bonchev–Trinajstić information content (AvgIpc) is 2.66. The van der Waals surface area contributed by atoms with Gasteiger partial charge in [0.25, 0.3) is 5.91 Å². The molecule has 2 nitrogen and oxygen atoms in total. The Bertz CT molecular complexity index is 806. The SMILES string of the molecule is O=C(NCc1ccccc1)c1ccc(C=Cc2ccccc2)cc1. The molecule has 24 heavy (non-hydrogen) atoms. The quantitative estimate of drug-likeness (QED) is 0.674. The second-order valence-electron chi connectivity index (χ2n) is 5.53. The van der Waals surface area contributed by atoms with Gasteiger partial charge in [-0.15, -0.1) is 0 Å². The normalized spacial score (nSPS) is 10.7. The first-order valence-corrected chi connectivity index (χ1v) is 7.96. The summed E-state index contributed by atoms with van der Waals surface area (Å²) in [7, 11) is 0. The Morgan fingerprint density at radius 3 is 1.88 bits per heavy atom. The van der Waals surface area contributed by atoms with Crippen LogP contribution < -0.4 is 5.32 Å². The van der Waals surface area contributed by atoms with Crippen molar-refractivity contribution in [3.05, 3.63) is 107 Å². The largest absolute Gasteiger partial charge is 0.348 e. The van der Waals surface area contributed by atoms with E-state index in [9.17, 15) is 4.79 Å². The van der Waals surface area contributed by atoms with Crippen molar-refractivity contribution < 1.29 is 4.79 Å². The van der Waals surface area contributed by atoms with Gasteiger partial charge < -0.3 is 5.32 Å². The number of hydrogen-bond donors (Lipinski definition) is 1. The Kier molecular flexibility index (Phi) is 5.21. The highest BCUT2D eigenvalue weighted by Gasteiger charge is 2.04. The zero-order chi connectivity index (χ0) is 16.6. The first-order chi connectivity index (χ1) is 11.8. The molecule has 3 aromatic carbocycles. The van der Waals surface area contributed by atoms with Gasteiger partial charge in [0, 0.05) is 12.1 Å². The van der Waals surface area contributed by atoms with Gasteiger partial charge in [0.15, 0.2) is 0 Å². The van der Waals surface area contributed by atoms with E-state index in [1.165, 1.54) is 0 Å². The summed E-state index contributed by atoms with van der Waals surface area (Å²) in [6, 6.07) is 27.7. The van der Waals surface area contributed by atoms with Crippen LogP contribution in [0.25, 0.3) is 12.2 Å². The van der Waals surface area contributed by atoms with Crippen molar-refractivity contribution in [2.45, 2.75) is 6.54 Å². The molecule has 0 radical (unpaired) electrons. The van der Waals surface area contributed by atoms with E-state index in [2.05, 4.69) is 23.5 Å². The van der Waals surface area contributed by atoms with Gasteiger partial charge in [0.2, 0.25) is 0 Å². The van der Waals surface area contributed by atoms with Crippen molar-refractivity contribution in [2.24, 2.45) is 0 Å². The van der Waals surface area contributed by atoms with Crippen molar-refractivity contribution in [2.75, 3.05) is 0 Å². The van der Waals surface area contributed by atoms with Crippen LogP contribution in [0.15, 0.2) is 84.9 Å². The average molecular weight is 313 g/mol. The fourth-order valence-electron chi connectivity index (χ4n) is 2.38. The number of rotatable bonds is 5. The van der Waals surface area contributed by atoms with E-state index in [4.69, 9.17) is 0 Å². The highest BCUT2D eigenvalue weighted by molar-refractivity contribution is 5.94. The molecule has 0 saturated carbocycles. The third-order valence-electron chi connectivity index (χ3n) is 3.74. The van der Waals surface area contributed by atoms with E-state index in [1.807, 2.05) is 78.9 Å². The van der Waals surface area contributed by atoms with Gasteiger partial charge in [-0.3, -0.25) is 4.79 Å². The number of amides is 1. The molecule has 0 heterocycles. The summed E-state index contributed by atoms with van der Waals surface area (Å²) in [5.74, 6) is -0.0579. The molecule has 0 bridgehead atoms. The van der Waals surface area contributed by atoms with E-state index in [1.54, 1.807) is 0 Å². The highest BCUT2D eigenvalue weighted by Crippen LogP contribution is 2.10. The molecule has 0 fully saturated rings. The minimum Gasteiger partial charge on any atom is -0.348 e. The van der Waals surface area contributed by atoms with Crippen LogP contribution >= 0.6 is 0 Å². The lowest BCUT2D eigenvalue weighted by Gasteiger charge is -2.05. The van der Waals surface area contributed by atoms with E-state index in [0.29, 0.717) is 12.1 Å². The van der Waals surface area contributed by atoms with Crippen LogP contribution in [0.5, 0.6) is 0 Å². The van der Waals surface area contributed by atoms with E-state index in [0.717, 1.165) is 16.7 Å². The molecule has 2 heteroatoms. The molecule has 0 spiro atoms. The zero-order valence-corrected chi connectivity index (χ0v) is 13.4. The van der Waals surface area contributed by atoms with E-state index < -0.39 is 0 Å². The standard InChI is InChI=1S/C22H19NO/c24-22(23-17-20-9-5-2-6-10-20)21-15-13-19(14-16-21)12-11-18-7-3-1-4-8-18/h1-16H,17H2,(H,23,24). The molecule has 0 unspecified atom stereocenters. The molecule has 0 aromatic heterocycles. The van der Waals surface area contributed by atoms with Crippen LogP contribution in [0.1, 0.15) is 27.0 Å². The van der Waals surface area contributed by atoms with Crippen molar-refractivity contribution in [1.29, 1.82) is 0 Å². The number of hydrogen-bond acceptors (Lipinski definition) is 1. The Labute approximate surface area is 142 Å². The summed E-state index contributed by atoms with van der Waals surface area (Å²) < 4.78 is 0. The Morgan fingerprint density at radius 2 is 1.25 bits per heavy atom. The lowest BCUT2D eigenvalue weighted by atomic mass is 10.1. The molecule has 0 saturated heterocycles. The number of carbonyl (C=O) groups is 1. The Morgan fingerprint density at radius 1 is 0.708 bits per heavy atom. The minimum atomic E-state index is -0.0579. The molecule has 1 N–H and O–H groups in total. The second kappa shape index (κ2) is 7.93. The molecular weight excluding hydrogens is 294 g/mol. The summed E-state index contributed by atoms with van der Waals surface area (Å²) in [5.41, 5.74) is 3.98. The predicted octanol–water partition coefficient (Wildman–Crippen LogP) is 4.79. The van der Waals surface area contributed by atoms with Gasteiger partial charge in [-0.05, 0) is 28.8 Å². The molecule has 3 aromatic rings. The fourth-order valence-corrected chi connectivity index (χ4v) is 2.38. The maximum absolute atomic E-state index is 12.2. The molecule has 1 amide bonds. The smallest absolute Gasteiger partial charge is 0.251 e. The first kappa shape index (κ1) is 15.8. The molecule has 0 aliphatic heterocycles. The summed E-state index contributed by atoms with van der Waals surface area (Å²) >= 11 is 0. The van der Waals surface area contributed by atoms with Gasteiger partial charge >= 0.3 is 0 Å². The summed E-state index contributed by atoms with van der Waals surface area (Å²) in [4.78, 5) is 12.2. The van der Waals surface area contributed by atoms with Crippen LogP contribution in [-0.4, -0.2) is 5.91 Å². The van der Waals surface area contributed by atoms with Crippen molar-refractivity contribution in [3.63, 3.8) is 0 Å². The molecule has 0 aliphatic rings. The summed E-state index contributed by atoms with van der Waals surface area (Å²) in [6.45, 7) is 0.537. The Hall–Kier alpha value is -3.13. The summed E-state index contributed by atoms with van der Waals surface area (Å²) in [5, 5.41) is 2.94. The van der Waals surface area contributed by atoms with Gasteiger partial charge in [-0.1, -0.05) is 84.9 Å². The van der Waals surface area contributed by atoms with Gasteiger partial charge in [0.05, 0.1) is 0 Å². The Balaban J connectivity index is 1.59. The first-order valence-electron chi connectivity index (χ1n) is 7.96. The minimum absolute atomic E-state index is 0.0579. The zero-order valence-electron chi connectivity index (χ0n) is 13.4. The van der Waals surface area contributed by atoms with E-state index >= 15 is 0 Å². The lowest BCUT2D eigenvalue weighted by Crippen LogP contribution is -2.22. The van der Waals surface area contributed by atoms with Crippen molar-refractivity contribution in [1.82, 2.24) is 5.32 Å². The number of carbonyl (C=O) groups excluding carboxylic acids is 1.